The molecular weight excluding hydrogens is 250 g/mol. The summed E-state index contributed by atoms with van der Waals surface area (Å²) in [4.78, 5) is 12.6. The normalized spacial score (nSPS) is 26.0. The van der Waals surface area contributed by atoms with Crippen LogP contribution < -0.4 is 10.7 Å². The number of morpholine rings is 1. The van der Waals surface area contributed by atoms with Crippen LogP contribution in [0.15, 0.2) is 34.3 Å². The van der Waals surface area contributed by atoms with E-state index in [0.29, 0.717) is 5.92 Å². The average molecular weight is 271 g/mol. The van der Waals surface area contributed by atoms with Crippen LogP contribution in [0.1, 0.15) is 25.7 Å². The van der Waals surface area contributed by atoms with Gasteiger partial charge in [0.15, 0.2) is 0 Å². The van der Waals surface area contributed by atoms with Crippen LogP contribution in [0.3, 0.4) is 0 Å². The third kappa shape index (κ3) is 1.90. The Morgan fingerprint density at radius 3 is 2.20 bits per heavy atom. The lowest BCUT2D eigenvalue weighted by molar-refractivity contribution is -0.0400. The van der Waals surface area contributed by atoms with Gasteiger partial charge in [-0.1, -0.05) is 25.0 Å². The molecule has 4 rings (SSSR count). The molecule has 1 aromatic rings. The first kappa shape index (κ1) is 12.5. The molecule has 3 aliphatic rings. The van der Waals surface area contributed by atoms with Gasteiger partial charge in [0.1, 0.15) is 0 Å². The summed E-state index contributed by atoms with van der Waals surface area (Å²) in [5, 5.41) is 2.12. The van der Waals surface area contributed by atoms with Crippen LogP contribution in [0.4, 0.5) is 0 Å². The molecule has 2 aliphatic heterocycles. The summed E-state index contributed by atoms with van der Waals surface area (Å²) in [5.74, 6) is 0.220. The van der Waals surface area contributed by atoms with Crippen LogP contribution >= 0.6 is 0 Å². The van der Waals surface area contributed by atoms with E-state index in [-0.39, 0.29) is 5.79 Å². The van der Waals surface area contributed by atoms with Gasteiger partial charge in [0.2, 0.25) is 5.79 Å². The Hall–Kier alpha value is -1.26. The Bertz CT molecular complexity index is 565. The highest BCUT2D eigenvalue weighted by Crippen LogP contribution is 2.40. The molecule has 1 saturated heterocycles. The number of fused-ring (bicyclic) bond motifs is 1. The Kier molecular flexibility index (Phi) is 3.08. The second-order valence-corrected chi connectivity index (χ2v) is 5.98. The first-order chi connectivity index (χ1) is 9.88. The minimum absolute atomic E-state index is 0.343. The van der Waals surface area contributed by atoms with E-state index in [1.165, 1.54) is 25.7 Å². The maximum absolute atomic E-state index is 5.52. The molecule has 4 heteroatoms. The summed E-state index contributed by atoms with van der Waals surface area (Å²) in [6.45, 7) is 3.49. The van der Waals surface area contributed by atoms with E-state index in [4.69, 9.17) is 14.7 Å². The summed E-state index contributed by atoms with van der Waals surface area (Å²) >= 11 is 0. The van der Waals surface area contributed by atoms with E-state index in [2.05, 4.69) is 29.2 Å². The molecule has 1 aliphatic carbocycles. The van der Waals surface area contributed by atoms with Crippen molar-refractivity contribution < 1.29 is 4.74 Å². The number of para-hydroxylation sites is 2. The smallest absolute Gasteiger partial charge is 0.211 e. The third-order valence-corrected chi connectivity index (χ3v) is 4.83. The summed E-state index contributed by atoms with van der Waals surface area (Å²) in [7, 11) is 0. The molecular formula is C16H21N3O. The first-order valence-electron chi connectivity index (χ1n) is 7.76. The Morgan fingerprint density at radius 2 is 1.60 bits per heavy atom. The quantitative estimate of drug-likeness (QED) is 0.808. The molecule has 0 radical (unpaired) electrons. The monoisotopic (exact) mass is 271 g/mol. The highest BCUT2D eigenvalue weighted by atomic mass is 16.5. The number of ether oxygens (including phenoxy) is 1. The molecule has 2 fully saturated rings. The SMILES string of the molecule is c1ccc2c(c1)=NC(C1CCCC1)(N1CCOCC1)N=2. The lowest BCUT2D eigenvalue weighted by Crippen LogP contribution is -2.54. The van der Waals surface area contributed by atoms with Crippen molar-refractivity contribution in [2.75, 3.05) is 26.3 Å². The number of hydrogen-bond acceptors (Lipinski definition) is 4. The standard InChI is InChI=1S/C16H21N3O/c1-2-6-13(5-1)16(19-9-11-20-12-10-19)17-14-7-3-4-8-15(14)18-16/h3-4,7-8,13H,1-2,5-6,9-12H2. The lowest BCUT2D eigenvalue weighted by atomic mass is 9.97. The van der Waals surface area contributed by atoms with E-state index in [1.54, 1.807) is 0 Å². The van der Waals surface area contributed by atoms with Crippen molar-refractivity contribution in [3.63, 3.8) is 0 Å². The van der Waals surface area contributed by atoms with Crippen LogP contribution in [0.25, 0.3) is 0 Å². The molecule has 0 spiro atoms. The van der Waals surface area contributed by atoms with Crippen molar-refractivity contribution in [1.29, 1.82) is 0 Å². The van der Waals surface area contributed by atoms with Crippen LogP contribution in [0.2, 0.25) is 0 Å². The first-order valence-corrected chi connectivity index (χ1v) is 7.76. The van der Waals surface area contributed by atoms with Crippen molar-refractivity contribution >= 4 is 0 Å². The minimum atomic E-state index is -0.343. The van der Waals surface area contributed by atoms with Gasteiger partial charge in [-0.2, -0.15) is 0 Å². The van der Waals surface area contributed by atoms with Crippen molar-refractivity contribution in [2.45, 2.75) is 31.5 Å². The fraction of sp³-hybridized carbons (Fsp3) is 0.625. The van der Waals surface area contributed by atoms with Crippen LogP contribution in [-0.2, 0) is 4.74 Å². The predicted octanol–water partition coefficient (Wildman–Crippen LogP) is 1.12. The van der Waals surface area contributed by atoms with E-state index in [9.17, 15) is 0 Å². The highest BCUT2D eigenvalue weighted by molar-refractivity contribution is 5.09. The minimum Gasteiger partial charge on any atom is -0.379 e. The maximum atomic E-state index is 5.52. The number of benzene rings is 1. The molecule has 0 N–H and O–H groups in total. The molecule has 4 nitrogen and oxygen atoms in total. The van der Waals surface area contributed by atoms with Crippen molar-refractivity contribution in [2.24, 2.45) is 15.9 Å². The van der Waals surface area contributed by atoms with E-state index in [0.717, 1.165) is 37.0 Å². The van der Waals surface area contributed by atoms with Crippen LogP contribution in [-0.4, -0.2) is 37.0 Å². The topological polar surface area (TPSA) is 37.2 Å². The number of rotatable bonds is 2. The molecule has 2 heterocycles. The van der Waals surface area contributed by atoms with Gasteiger partial charge in [-0.3, -0.25) is 4.90 Å². The van der Waals surface area contributed by atoms with Crippen LogP contribution in [0, 0.1) is 5.92 Å². The summed E-state index contributed by atoms with van der Waals surface area (Å²) < 4.78 is 5.52. The average Bonchev–Trinajstić information content (AvgIpc) is 3.16. The van der Waals surface area contributed by atoms with Gasteiger partial charge < -0.3 is 4.74 Å². The molecule has 0 atom stereocenters. The Morgan fingerprint density at radius 1 is 1.00 bits per heavy atom. The fourth-order valence-corrected chi connectivity index (χ4v) is 3.82. The Balaban J connectivity index is 1.80. The lowest BCUT2D eigenvalue weighted by Gasteiger charge is -2.42. The largest absolute Gasteiger partial charge is 0.379 e. The second-order valence-electron chi connectivity index (χ2n) is 5.98. The third-order valence-electron chi connectivity index (χ3n) is 4.83. The van der Waals surface area contributed by atoms with E-state index >= 15 is 0 Å². The van der Waals surface area contributed by atoms with Crippen molar-refractivity contribution in [3.8, 4) is 0 Å². The Labute approximate surface area is 119 Å². The highest BCUT2D eigenvalue weighted by Gasteiger charge is 2.46. The van der Waals surface area contributed by atoms with Gasteiger partial charge in [0.05, 0.1) is 23.9 Å². The molecule has 0 unspecified atom stereocenters. The summed E-state index contributed by atoms with van der Waals surface area (Å²) in [6.07, 6.45) is 5.13. The van der Waals surface area contributed by atoms with Gasteiger partial charge in [-0.25, -0.2) is 9.98 Å². The molecule has 1 saturated carbocycles. The fourth-order valence-electron chi connectivity index (χ4n) is 3.82. The van der Waals surface area contributed by atoms with Crippen molar-refractivity contribution in [1.82, 2.24) is 4.90 Å². The second kappa shape index (κ2) is 4.93. The van der Waals surface area contributed by atoms with Gasteiger partial charge in [0, 0.05) is 19.0 Å². The molecule has 0 bridgehead atoms. The van der Waals surface area contributed by atoms with Crippen LogP contribution in [0.5, 0.6) is 0 Å². The number of hydrogen-bond donors (Lipinski definition) is 0. The van der Waals surface area contributed by atoms with Gasteiger partial charge in [-0.05, 0) is 25.0 Å². The van der Waals surface area contributed by atoms with Gasteiger partial charge in [0.25, 0.3) is 0 Å². The van der Waals surface area contributed by atoms with E-state index < -0.39 is 0 Å². The van der Waals surface area contributed by atoms with E-state index in [1.807, 2.05) is 0 Å². The molecule has 0 aromatic heterocycles. The van der Waals surface area contributed by atoms with Crippen molar-refractivity contribution in [3.05, 3.63) is 35.0 Å². The summed E-state index contributed by atoms with van der Waals surface area (Å²) in [6, 6.07) is 8.30. The molecule has 106 valence electrons. The van der Waals surface area contributed by atoms with Gasteiger partial charge >= 0.3 is 0 Å². The number of nitrogens with zero attached hydrogens (tertiary/aromatic N) is 3. The molecule has 20 heavy (non-hydrogen) atoms. The molecule has 1 aromatic carbocycles. The summed E-state index contributed by atoms with van der Waals surface area (Å²) in [5.41, 5.74) is 0. The molecule has 0 amide bonds. The zero-order chi connectivity index (χ0) is 13.4. The zero-order valence-corrected chi connectivity index (χ0v) is 11.8. The van der Waals surface area contributed by atoms with Gasteiger partial charge in [-0.15, -0.1) is 0 Å². The zero-order valence-electron chi connectivity index (χ0n) is 11.8. The maximum Gasteiger partial charge on any atom is 0.211 e. The predicted molar refractivity (Wildman–Crippen MR) is 75.8 cm³/mol.